The molecule has 0 N–H and O–H groups in total. The van der Waals surface area contributed by atoms with E-state index in [0.29, 0.717) is 34.9 Å². The molecule has 0 aliphatic heterocycles. The minimum absolute atomic E-state index is 0.525. The summed E-state index contributed by atoms with van der Waals surface area (Å²) in [7, 11) is 0. The van der Waals surface area contributed by atoms with Crippen LogP contribution < -0.4 is 0 Å². The second kappa shape index (κ2) is 30.4. The van der Waals surface area contributed by atoms with Crippen LogP contribution in [0.3, 0.4) is 0 Å². The normalized spacial score (nSPS) is 12.6. The van der Waals surface area contributed by atoms with Crippen LogP contribution >= 0.6 is 0 Å². The number of rotatable bonds is 14. The first kappa shape index (κ1) is 72.8. The van der Waals surface area contributed by atoms with E-state index in [2.05, 4.69) is 303 Å². The molecule has 4 aromatic heterocycles. The van der Waals surface area contributed by atoms with Crippen molar-refractivity contribution in [2.45, 2.75) is 10.8 Å². The quantitative estimate of drug-likeness (QED) is 0.106. The third kappa shape index (κ3) is 12.5. The fourth-order valence-corrected chi connectivity index (χ4v) is 19.0. The molecule has 0 saturated carbocycles. The van der Waals surface area contributed by atoms with Crippen LogP contribution in [0.2, 0.25) is 0 Å². The highest BCUT2D eigenvalue weighted by Crippen LogP contribution is 2.59. The highest BCUT2D eigenvalue weighted by atomic mass is 16.3. The molecule has 8 heteroatoms. The molecule has 4 heterocycles. The Morgan fingerprint density at radius 2 is 0.363 bits per heavy atom. The minimum atomic E-state index is -0.537. The van der Waals surface area contributed by atoms with Gasteiger partial charge in [0, 0.05) is 54.9 Å². The highest BCUT2D eigenvalue weighted by molar-refractivity contribution is 6.07. The summed E-state index contributed by atoms with van der Waals surface area (Å²) < 4.78 is 13.0. The summed E-state index contributed by atoms with van der Waals surface area (Å²) in [6.07, 6.45) is 0. The standard InChI is InChI=1S/2C58H37N3O/c1-3-14-40(15-4-1)55-59-56(41-16-5-2-6-17-41)61-57(60-55)42-28-26-38(27-29-42)43-18-13-19-44(36-43)39-30-32-45(33-31-39)58(51-23-10-7-20-47(51)48-21-8-11-24-52(48)58)46-34-35-50-49-22-9-12-25-53(49)62-54(50)37-46;1-3-13-42(14-4-1)55-59-56(43-15-5-2-6-16-43)61-57(60-55)44-29-27-40(28-30-44)38-23-25-39(26-24-38)41-31-33-45(34-32-41)58(51-20-10-7-17-47(51)48-18-8-11-21-52(48)58)46-35-36-50-49-19-9-12-22-53(49)62-54(50)37-46/h2*1-37H. The van der Waals surface area contributed by atoms with Crippen LogP contribution in [0, 0.1) is 0 Å². The van der Waals surface area contributed by atoms with Gasteiger partial charge in [-0.05, 0) is 142 Å². The lowest BCUT2D eigenvalue weighted by molar-refractivity contribution is 0.665. The van der Waals surface area contributed by atoms with Crippen LogP contribution in [0.4, 0.5) is 0 Å². The van der Waals surface area contributed by atoms with Gasteiger partial charge in [0.05, 0.1) is 10.8 Å². The highest BCUT2D eigenvalue weighted by Gasteiger charge is 2.48. The number of nitrogens with zero attached hydrogens (tertiary/aromatic N) is 6. The van der Waals surface area contributed by atoms with E-state index in [0.717, 1.165) is 122 Å². The molecule has 0 saturated heterocycles. The number of para-hydroxylation sites is 2. The monoisotopic (exact) mass is 1580 g/mol. The second-order valence-corrected chi connectivity index (χ2v) is 31.8. The van der Waals surface area contributed by atoms with Crippen LogP contribution in [-0.2, 0) is 10.8 Å². The second-order valence-electron chi connectivity index (χ2n) is 31.8. The first-order valence-electron chi connectivity index (χ1n) is 42.0. The number of hydrogen-bond donors (Lipinski definition) is 0. The molecule has 0 spiro atoms. The van der Waals surface area contributed by atoms with Gasteiger partial charge in [-0.15, -0.1) is 0 Å². The summed E-state index contributed by atoms with van der Waals surface area (Å²) in [6.45, 7) is 0. The van der Waals surface area contributed by atoms with Gasteiger partial charge in [-0.1, -0.05) is 419 Å². The van der Waals surface area contributed by atoms with E-state index < -0.39 is 10.8 Å². The van der Waals surface area contributed by atoms with Gasteiger partial charge in [0.1, 0.15) is 22.3 Å². The summed E-state index contributed by atoms with van der Waals surface area (Å²) in [5, 5.41) is 4.53. The van der Waals surface area contributed by atoms with Crippen LogP contribution in [0.25, 0.3) is 179 Å². The zero-order chi connectivity index (χ0) is 82.1. The van der Waals surface area contributed by atoms with Crippen molar-refractivity contribution >= 4 is 43.9 Å². The Morgan fingerprint density at radius 3 is 0.669 bits per heavy atom. The fourth-order valence-electron chi connectivity index (χ4n) is 19.0. The molecule has 0 amide bonds. The number of furan rings is 2. The molecule has 0 bridgehead atoms. The Kier molecular flexibility index (Phi) is 17.9. The van der Waals surface area contributed by atoms with E-state index >= 15 is 0 Å². The largest absolute Gasteiger partial charge is 0.456 e. The minimum Gasteiger partial charge on any atom is -0.456 e. The van der Waals surface area contributed by atoms with E-state index in [4.69, 9.17) is 38.7 Å². The van der Waals surface area contributed by atoms with Gasteiger partial charge in [-0.3, -0.25) is 0 Å². The summed E-state index contributed by atoms with van der Waals surface area (Å²) in [4.78, 5) is 29.4. The molecule has 2 aliphatic rings. The van der Waals surface area contributed by atoms with Gasteiger partial charge in [0.15, 0.2) is 34.9 Å². The maximum absolute atomic E-state index is 6.50. The van der Waals surface area contributed by atoms with Crippen molar-refractivity contribution in [2.24, 2.45) is 0 Å². The van der Waals surface area contributed by atoms with Gasteiger partial charge >= 0.3 is 0 Å². The molecule has 580 valence electrons. The van der Waals surface area contributed by atoms with Crippen LogP contribution in [-0.4, -0.2) is 29.9 Å². The Morgan fingerprint density at radius 1 is 0.145 bits per heavy atom. The molecular weight excluding hydrogens is 1510 g/mol. The molecule has 0 atom stereocenters. The first-order chi connectivity index (χ1) is 61.4. The topological polar surface area (TPSA) is 104 Å². The van der Waals surface area contributed by atoms with E-state index in [1.54, 1.807) is 0 Å². The van der Waals surface area contributed by atoms with Crippen molar-refractivity contribution in [1.82, 2.24) is 29.9 Å². The van der Waals surface area contributed by atoms with Crippen LogP contribution in [0.15, 0.2) is 458 Å². The summed E-state index contributed by atoms with van der Waals surface area (Å²) in [6, 6.07) is 159. The molecule has 22 aromatic rings. The molecular formula is C116H74N6O2. The van der Waals surface area contributed by atoms with Crippen molar-refractivity contribution in [2.75, 3.05) is 0 Å². The Labute approximate surface area is 717 Å². The van der Waals surface area contributed by atoms with E-state index in [1.165, 1.54) is 66.8 Å². The third-order valence-corrected chi connectivity index (χ3v) is 24.9. The van der Waals surface area contributed by atoms with Crippen LogP contribution in [0.5, 0.6) is 0 Å². The summed E-state index contributed by atoms with van der Waals surface area (Å²) in [5.74, 6) is 3.89. The predicted octanol–water partition coefficient (Wildman–Crippen LogP) is 28.9. The lowest BCUT2D eigenvalue weighted by Crippen LogP contribution is -2.28. The molecule has 18 aromatic carbocycles. The Hall–Kier alpha value is -16.4. The van der Waals surface area contributed by atoms with Gasteiger partial charge in [0.25, 0.3) is 0 Å². The molecule has 24 rings (SSSR count). The van der Waals surface area contributed by atoms with Crippen LogP contribution in [0.1, 0.15) is 44.5 Å². The summed E-state index contributed by atoms with van der Waals surface area (Å²) >= 11 is 0. The summed E-state index contributed by atoms with van der Waals surface area (Å²) in [5.41, 5.74) is 32.3. The van der Waals surface area contributed by atoms with Gasteiger partial charge < -0.3 is 8.83 Å². The molecule has 0 fully saturated rings. The maximum atomic E-state index is 6.50. The fraction of sp³-hybridized carbons (Fsp3) is 0.0172. The van der Waals surface area contributed by atoms with E-state index in [1.807, 2.05) is 146 Å². The Bertz CT molecular complexity index is 7600. The SMILES string of the molecule is c1ccc(-c2nc(-c3ccccc3)nc(-c3ccc(-c4ccc(-c5ccc(C6(c7ccc8c(c7)oc7ccccc78)c7ccccc7-c7ccccc76)cc5)cc4)cc3)n2)cc1.c1ccc(-c2nc(-c3ccccc3)nc(-c3ccc(-c4cccc(-c5ccc(C6(c7ccc8c(c7)oc7ccccc78)c7ccccc7-c7ccccc76)cc5)c4)cc3)n2)cc1. The van der Waals surface area contributed by atoms with Crippen molar-refractivity contribution < 1.29 is 8.83 Å². The van der Waals surface area contributed by atoms with Crippen molar-refractivity contribution in [3.05, 3.63) is 493 Å². The maximum Gasteiger partial charge on any atom is 0.164 e. The average Bonchev–Trinajstić information content (AvgIpc) is 1.54. The third-order valence-electron chi connectivity index (χ3n) is 24.9. The lowest BCUT2D eigenvalue weighted by Gasteiger charge is -2.34. The smallest absolute Gasteiger partial charge is 0.164 e. The number of fused-ring (bicyclic) bond motifs is 12. The van der Waals surface area contributed by atoms with E-state index in [-0.39, 0.29) is 0 Å². The molecule has 8 nitrogen and oxygen atoms in total. The van der Waals surface area contributed by atoms with Crippen molar-refractivity contribution in [3.8, 4) is 135 Å². The van der Waals surface area contributed by atoms with Crippen molar-refractivity contribution in [1.29, 1.82) is 0 Å². The van der Waals surface area contributed by atoms with Gasteiger partial charge in [-0.25, -0.2) is 29.9 Å². The zero-order valence-corrected chi connectivity index (χ0v) is 67.2. The molecule has 0 radical (unpaired) electrons. The Balaban J connectivity index is 0.000000143. The lowest BCUT2D eigenvalue weighted by atomic mass is 9.67. The number of benzene rings is 18. The number of hydrogen-bond acceptors (Lipinski definition) is 8. The number of aromatic nitrogens is 6. The van der Waals surface area contributed by atoms with Crippen molar-refractivity contribution in [3.63, 3.8) is 0 Å². The van der Waals surface area contributed by atoms with Gasteiger partial charge in [-0.2, -0.15) is 0 Å². The molecule has 0 unspecified atom stereocenters. The predicted molar refractivity (Wildman–Crippen MR) is 503 cm³/mol. The molecule has 2 aliphatic carbocycles. The van der Waals surface area contributed by atoms with Gasteiger partial charge in [0.2, 0.25) is 0 Å². The first-order valence-corrected chi connectivity index (χ1v) is 42.0. The molecule has 124 heavy (non-hydrogen) atoms. The van der Waals surface area contributed by atoms with E-state index in [9.17, 15) is 0 Å². The zero-order valence-electron chi connectivity index (χ0n) is 67.2. The average molecular weight is 1580 g/mol.